The Labute approximate surface area is 108 Å². The standard InChI is InChI=1S/C14H12F3NO/c15-14(16,17)13(9-19-13)12(11-7-4-8-18-11)10-5-2-1-3-6-10/h1-8,12,18H,9H2. The molecule has 100 valence electrons. The number of benzene rings is 1. The second-order valence-electron chi connectivity index (χ2n) is 4.65. The number of rotatable bonds is 3. The van der Waals surface area contributed by atoms with Gasteiger partial charge in [0.1, 0.15) is 0 Å². The molecule has 19 heavy (non-hydrogen) atoms. The molecule has 1 aliphatic heterocycles. The molecule has 0 saturated carbocycles. The molecule has 1 aromatic heterocycles. The summed E-state index contributed by atoms with van der Waals surface area (Å²) in [4.78, 5) is 2.87. The average molecular weight is 267 g/mol. The molecule has 5 heteroatoms. The number of hydrogen-bond donors (Lipinski definition) is 1. The molecule has 1 fully saturated rings. The molecular weight excluding hydrogens is 255 g/mol. The van der Waals surface area contributed by atoms with Gasteiger partial charge >= 0.3 is 6.18 Å². The first-order valence-electron chi connectivity index (χ1n) is 5.93. The number of aromatic amines is 1. The molecule has 0 radical (unpaired) electrons. The minimum absolute atomic E-state index is 0.297. The first-order valence-corrected chi connectivity index (χ1v) is 5.93. The van der Waals surface area contributed by atoms with Crippen molar-refractivity contribution >= 4 is 0 Å². The zero-order chi connectivity index (χ0) is 13.5. The number of nitrogens with one attached hydrogen (secondary N) is 1. The van der Waals surface area contributed by atoms with Crippen molar-refractivity contribution in [2.24, 2.45) is 0 Å². The molecule has 0 amide bonds. The zero-order valence-corrected chi connectivity index (χ0v) is 9.95. The number of alkyl halides is 3. The summed E-state index contributed by atoms with van der Waals surface area (Å²) in [5, 5.41) is 0. The van der Waals surface area contributed by atoms with Crippen molar-refractivity contribution in [1.82, 2.24) is 4.98 Å². The normalized spacial score (nSPS) is 24.2. The van der Waals surface area contributed by atoms with Gasteiger partial charge in [0.2, 0.25) is 0 Å². The van der Waals surface area contributed by atoms with E-state index in [4.69, 9.17) is 4.74 Å². The van der Waals surface area contributed by atoms with Crippen LogP contribution in [-0.4, -0.2) is 23.4 Å². The highest BCUT2D eigenvalue weighted by molar-refractivity contribution is 5.36. The number of halogens is 3. The van der Waals surface area contributed by atoms with Crippen LogP contribution in [0.5, 0.6) is 0 Å². The van der Waals surface area contributed by atoms with Crippen molar-refractivity contribution in [3.8, 4) is 0 Å². The van der Waals surface area contributed by atoms with Crippen LogP contribution in [0.15, 0.2) is 48.7 Å². The van der Waals surface area contributed by atoms with E-state index in [1.54, 1.807) is 48.7 Å². The van der Waals surface area contributed by atoms with Gasteiger partial charge in [-0.2, -0.15) is 13.2 Å². The fourth-order valence-electron chi connectivity index (χ4n) is 2.44. The highest BCUT2D eigenvalue weighted by atomic mass is 19.4. The Hall–Kier alpha value is -1.75. The van der Waals surface area contributed by atoms with Gasteiger partial charge in [0.15, 0.2) is 5.60 Å². The first kappa shape index (κ1) is 12.3. The molecule has 2 heterocycles. The monoisotopic (exact) mass is 267 g/mol. The Morgan fingerprint density at radius 2 is 1.79 bits per heavy atom. The maximum atomic E-state index is 13.3. The molecule has 1 saturated heterocycles. The molecule has 0 bridgehead atoms. The number of epoxide rings is 1. The molecule has 0 aliphatic carbocycles. The largest absolute Gasteiger partial charge is 0.420 e. The van der Waals surface area contributed by atoms with Gasteiger partial charge in [0.25, 0.3) is 0 Å². The fourth-order valence-corrected chi connectivity index (χ4v) is 2.44. The van der Waals surface area contributed by atoms with Crippen LogP contribution < -0.4 is 0 Å². The number of H-pyrrole nitrogens is 1. The van der Waals surface area contributed by atoms with E-state index < -0.39 is 17.7 Å². The summed E-state index contributed by atoms with van der Waals surface area (Å²) in [6.45, 7) is -0.297. The third-order valence-corrected chi connectivity index (χ3v) is 3.47. The molecule has 1 aliphatic rings. The Morgan fingerprint density at radius 1 is 1.11 bits per heavy atom. The van der Waals surface area contributed by atoms with Crippen molar-refractivity contribution < 1.29 is 17.9 Å². The van der Waals surface area contributed by atoms with Gasteiger partial charge < -0.3 is 9.72 Å². The van der Waals surface area contributed by atoms with Crippen LogP contribution in [-0.2, 0) is 4.74 Å². The first-order chi connectivity index (χ1) is 9.05. The fraction of sp³-hybridized carbons (Fsp3) is 0.286. The molecule has 0 spiro atoms. The van der Waals surface area contributed by atoms with Crippen LogP contribution in [0.4, 0.5) is 13.2 Å². The lowest BCUT2D eigenvalue weighted by Crippen LogP contribution is -2.39. The van der Waals surface area contributed by atoms with E-state index in [0.29, 0.717) is 11.3 Å². The minimum atomic E-state index is -4.39. The summed E-state index contributed by atoms with van der Waals surface area (Å²) in [6.07, 6.45) is -2.77. The zero-order valence-electron chi connectivity index (χ0n) is 9.95. The number of hydrogen-bond acceptors (Lipinski definition) is 1. The van der Waals surface area contributed by atoms with Crippen LogP contribution in [0.1, 0.15) is 17.2 Å². The molecular formula is C14H12F3NO. The quantitative estimate of drug-likeness (QED) is 0.847. The predicted molar refractivity (Wildman–Crippen MR) is 63.8 cm³/mol. The van der Waals surface area contributed by atoms with Gasteiger partial charge in [0.05, 0.1) is 12.5 Å². The van der Waals surface area contributed by atoms with E-state index in [0.717, 1.165) is 0 Å². The van der Waals surface area contributed by atoms with Gasteiger partial charge in [0, 0.05) is 11.9 Å². The SMILES string of the molecule is FC(F)(F)C1(C(c2ccccc2)c2ccc[nH]2)CO1. The van der Waals surface area contributed by atoms with E-state index in [1.807, 2.05) is 0 Å². The number of ether oxygens (including phenoxy) is 1. The summed E-state index contributed by atoms with van der Waals surface area (Å²) in [7, 11) is 0. The average Bonchev–Trinajstić information content (AvgIpc) is 3.00. The lowest BCUT2D eigenvalue weighted by Gasteiger charge is -2.26. The minimum Gasteiger partial charge on any atom is -0.364 e. The van der Waals surface area contributed by atoms with Crippen molar-refractivity contribution in [3.63, 3.8) is 0 Å². The Bertz CT molecular complexity index is 544. The summed E-state index contributed by atoms with van der Waals surface area (Å²) in [5.74, 6) is -0.858. The van der Waals surface area contributed by atoms with Crippen LogP contribution in [0.25, 0.3) is 0 Å². The van der Waals surface area contributed by atoms with Gasteiger partial charge in [-0.15, -0.1) is 0 Å². The lowest BCUT2D eigenvalue weighted by atomic mass is 9.83. The third kappa shape index (κ3) is 1.94. The Kier molecular flexibility index (Phi) is 2.67. The van der Waals surface area contributed by atoms with E-state index in [-0.39, 0.29) is 6.61 Å². The topological polar surface area (TPSA) is 28.3 Å². The molecule has 2 unspecified atom stereocenters. The molecule has 1 N–H and O–H groups in total. The summed E-state index contributed by atoms with van der Waals surface area (Å²) in [5.41, 5.74) is -0.986. The van der Waals surface area contributed by atoms with Gasteiger partial charge in [-0.1, -0.05) is 30.3 Å². The van der Waals surface area contributed by atoms with Crippen molar-refractivity contribution in [1.29, 1.82) is 0 Å². The maximum Gasteiger partial charge on any atom is 0.420 e. The van der Waals surface area contributed by atoms with Crippen LogP contribution >= 0.6 is 0 Å². The van der Waals surface area contributed by atoms with Crippen LogP contribution in [0, 0.1) is 0 Å². The second-order valence-corrected chi connectivity index (χ2v) is 4.65. The van der Waals surface area contributed by atoms with Crippen LogP contribution in [0.2, 0.25) is 0 Å². The van der Waals surface area contributed by atoms with Gasteiger partial charge in [-0.3, -0.25) is 0 Å². The highest BCUT2D eigenvalue weighted by Gasteiger charge is 2.70. The highest BCUT2D eigenvalue weighted by Crippen LogP contribution is 2.54. The molecule has 2 atom stereocenters. The Morgan fingerprint density at radius 3 is 2.26 bits per heavy atom. The summed E-state index contributed by atoms with van der Waals surface area (Å²) >= 11 is 0. The molecule has 1 aromatic carbocycles. The van der Waals surface area contributed by atoms with E-state index in [9.17, 15) is 13.2 Å². The van der Waals surface area contributed by atoms with Gasteiger partial charge in [-0.25, -0.2) is 0 Å². The second kappa shape index (κ2) is 4.13. The van der Waals surface area contributed by atoms with Gasteiger partial charge in [-0.05, 0) is 17.7 Å². The summed E-state index contributed by atoms with van der Waals surface area (Å²) in [6, 6.07) is 12.0. The smallest absolute Gasteiger partial charge is 0.364 e. The van der Waals surface area contributed by atoms with E-state index >= 15 is 0 Å². The van der Waals surface area contributed by atoms with E-state index in [1.165, 1.54) is 0 Å². The third-order valence-electron chi connectivity index (χ3n) is 3.47. The van der Waals surface area contributed by atoms with Crippen LogP contribution in [0.3, 0.4) is 0 Å². The Balaban J connectivity index is 2.09. The molecule has 2 nitrogen and oxygen atoms in total. The van der Waals surface area contributed by atoms with Crippen molar-refractivity contribution in [3.05, 3.63) is 59.9 Å². The van der Waals surface area contributed by atoms with Crippen molar-refractivity contribution in [2.75, 3.05) is 6.61 Å². The maximum absolute atomic E-state index is 13.3. The summed E-state index contributed by atoms with van der Waals surface area (Å²) < 4.78 is 44.7. The molecule has 3 rings (SSSR count). The lowest BCUT2D eigenvalue weighted by molar-refractivity contribution is -0.187. The molecule has 2 aromatic rings. The van der Waals surface area contributed by atoms with E-state index in [2.05, 4.69) is 4.98 Å². The predicted octanol–water partition coefficient (Wildman–Crippen LogP) is 3.48. The van der Waals surface area contributed by atoms with Crippen molar-refractivity contribution in [2.45, 2.75) is 17.7 Å². The number of aromatic nitrogens is 1.